The van der Waals surface area contributed by atoms with Crippen molar-refractivity contribution in [3.05, 3.63) is 35.4 Å². The number of methoxy groups -OCH3 is 2. The number of fused-ring (bicyclic) bond motifs is 1. The zero-order valence-corrected chi connectivity index (χ0v) is 13.3. The van der Waals surface area contributed by atoms with Crippen LogP contribution in [0.4, 0.5) is 0 Å². The molecule has 24 heavy (non-hydrogen) atoms. The number of rotatable bonds is 4. The Morgan fingerprint density at radius 2 is 1.62 bits per heavy atom. The van der Waals surface area contributed by atoms with Gasteiger partial charge in [-0.15, -0.1) is 0 Å². The lowest BCUT2D eigenvalue weighted by molar-refractivity contribution is -0.293. The SMILES string of the molecule is COC1OC(CN2C(=O)c3ccccc3C2=O)[C@@H](OC)[C@H](O)[C@@H]1O. The monoisotopic (exact) mass is 337 g/mol. The first-order chi connectivity index (χ1) is 11.5. The number of hydrogen-bond acceptors (Lipinski definition) is 7. The summed E-state index contributed by atoms with van der Waals surface area (Å²) in [5.74, 6) is -0.854. The molecule has 8 nitrogen and oxygen atoms in total. The molecule has 3 rings (SSSR count). The first-order valence-electron chi connectivity index (χ1n) is 7.52. The Bertz CT molecular complexity index is 614. The fourth-order valence-corrected chi connectivity index (χ4v) is 3.12. The van der Waals surface area contributed by atoms with Gasteiger partial charge < -0.3 is 24.4 Å². The van der Waals surface area contributed by atoms with E-state index in [1.807, 2.05) is 0 Å². The molecule has 2 heterocycles. The minimum absolute atomic E-state index is 0.117. The average Bonchev–Trinajstić information content (AvgIpc) is 2.83. The molecule has 0 spiro atoms. The summed E-state index contributed by atoms with van der Waals surface area (Å²) in [7, 11) is 2.68. The van der Waals surface area contributed by atoms with Crippen LogP contribution in [0.15, 0.2) is 24.3 Å². The van der Waals surface area contributed by atoms with Gasteiger partial charge in [0.2, 0.25) is 0 Å². The Morgan fingerprint density at radius 1 is 1.04 bits per heavy atom. The summed E-state index contributed by atoms with van der Waals surface area (Å²) in [5, 5.41) is 20.1. The first kappa shape index (κ1) is 17.0. The van der Waals surface area contributed by atoms with Crippen molar-refractivity contribution in [1.82, 2.24) is 4.90 Å². The van der Waals surface area contributed by atoms with E-state index in [0.717, 1.165) is 4.90 Å². The van der Waals surface area contributed by atoms with Crippen LogP contribution in [0.25, 0.3) is 0 Å². The van der Waals surface area contributed by atoms with E-state index in [9.17, 15) is 19.8 Å². The molecule has 1 aromatic carbocycles. The highest BCUT2D eigenvalue weighted by atomic mass is 16.7. The van der Waals surface area contributed by atoms with Crippen LogP contribution in [-0.4, -0.2) is 78.4 Å². The van der Waals surface area contributed by atoms with Crippen LogP contribution in [-0.2, 0) is 14.2 Å². The molecular formula is C16H19NO7. The molecule has 130 valence electrons. The third kappa shape index (κ3) is 2.62. The molecule has 2 N–H and O–H groups in total. The third-order valence-corrected chi connectivity index (χ3v) is 4.39. The Labute approximate surface area is 138 Å². The largest absolute Gasteiger partial charge is 0.387 e. The average molecular weight is 337 g/mol. The molecule has 2 amide bonds. The molecule has 0 bridgehead atoms. The topological polar surface area (TPSA) is 106 Å². The molecule has 1 fully saturated rings. The maximum atomic E-state index is 12.4. The predicted octanol–water partition coefficient (Wildman–Crippen LogP) is -0.609. The van der Waals surface area contributed by atoms with Gasteiger partial charge >= 0.3 is 0 Å². The summed E-state index contributed by atoms with van der Waals surface area (Å²) >= 11 is 0. The standard InChI is InChI=1S/C16H19NO7/c1-22-13-10(24-16(23-2)12(19)11(13)18)7-17-14(20)8-5-3-4-6-9(8)15(17)21/h3-6,10-13,16,18-19H,7H2,1-2H3/t10?,11-,12+,13-,16?/m1/s1. The molecule has 5 atom stereocenters. The molecule has 8 heteroatoms. The summed E-state index contributed by atoms with van der Waals surface area (Å²) < 4.78 is 15.8. The van der Waals surface area contributed by atoms with Crippen molar-refractivity contribution in [3.63, 3.8) is 0 Å². The van der Waals surface area contributed by atoms with Crippen LogP contribution in [0.1, 0.15) is 20.7 Å². The number of amides is 2. The number of hydrogen-bond donors (Lipinski definition) is 2. The second-order valence-corrected chi connectivity index (χ2v) is 5.73. The maximum absolute atomic E-state index is 12.4. The van der Waals surface area contributed by atoms with Crippen molar-refractivity contribution in [2.24, 2.45) is 0 Å². The molecule has 1 saturated heterocycles. The number of nitrogens with zero attached hydrogens (tertiary/aromatic N) is 1. The number of ether oxygens (including phenoxy) is 3. The lowest BCUT2D eigenvalue weighted by atomic mass is 9.98. The van der Waals surface area contributed by atoms with E-state index in [1.165, 1.54) is 14.2 Å². The van der Waals surface area contributed by atoms with Gasteiger partial charge in [0.1, 0.15) is 24.4 Å². The highest BCUT2D eigenvalue weighted by Crippen LogP contribution is 2.28. The van der Waals surface area contributed by atoms with Crippen molar-refractivity contribution >= 4 is 11.8 Å². The van der Waals surface area contributed by atoms with Gasteiger partial charge in [-0.2, -0.15) is 0 Å². The summed E-state index contributed by atoms with van der Waals surface area (Å²) in [4.78, 5) is 25.9. The lowest BCUT2D eigenvalue weighted by Crippen LogP contribution is -2.61. The van der Waals surface area contributed by atoms with Crippen molar-refractivity contribution in [1.29, 1.82) is 0 Å². The number of benzene rings is 1. The minimum Gasteiger partial charge on any atom is -0.387 e. The fourth-order valence-electron chi connectivity index (χ4n) is 3.12. The Hall–Kier alpha value is -1.84. The smallest absolute Gasteiger partial charge is 0.261 e. The maximum Gasteiger partial charge on any atom is 0.261 e. The van der Waals surface area contributed by atoms with Crippen LogP contribution in [0.3, 0.4) is 0 Å². The molecular weight excluding hydrogens is 318 g/mol. The summed E-state index contributed by atoms with van der Waals surface area (Å²) in [6, 6.07) is 6.54. The van der Waals surface area contributed by atoms with Crippen LogP contribution in [0.2, 0.25) is 0 Å². The summed E-state index contributed by atoms with van der Waals surface area (Å²) in [6.07, 6.45) is -5.38. The highest BCUT2D eigenvalue weighted by Gasteiger charge is 2.47. The molecule has 0 saturated carbocycles. The van der Waals surface area contributed by atoms with E-state index >= 15 is 0 Å². The Balaban J connectivity index is 1.82. The van der Waals surface area contributed by atoms with E-state index in [4.69, 9.17) is 14.2 Å². The normalized spacial score (nSPS) is 33.0. The predicted molar refractivity (Wildman–Crippen MR) is 80.3 cm³/mol. The number of carbonyl (C=O) groups is 2. The van der Waals surface area contributed by atoms with E-state index in [-0.39, 0.29) is 6.54 Å². The summed E-state index contributed by atoms with van der Waals surface area (Å²) in [6.45, 7) is -0.117. The van der Waals surface area contributed by atoms with E-state index in [0.29, 0.717) is 11.1 Å². The van der Waals surface area contributed by atoms with E-state index in [2.05, 4.69) is 0 Å². The first-order valence-corrected chi connectivity index (χ1v) is 7.52. The van der Waals surface area contributed by atoms with E-state index in [1.54, 1.807) is 24.3 Å². The van der Waals surface area contributed by atoms with Gasteiger partial charge in [-0.3, -0.25) is 14.5 Å². The Kier molecular flexibility index (Phi) is 4.66. The fraction of sp³-hybridized carbons (Fsp3) is 0.500. The van der Waals surface area contributed by atoms with Gasteiger partial charge in [-0.1, -0.05) is 12.1 Å². The Morgan fingerprint density at radius 3 is 2.12 bits per heavy atom. The second-order valence-electron chi connectivity index (χ2n) is 5.73. The number of carbonyl (C=O) groups excluding carboxylic acids is 2. The molecule has 0 aromatic heterocycles. The molecule has 0 aliphatic carbocycles. The van der Waals surface area contributed by atoms with Crippen molar-refractivity contribution < 1.29 is 34.0 Å². The number of aliphatic hydroxyl groups excluding tert-OH is 2. The van der Waals surface area contributed by atoms with Gasteiger partial charge in [-0.25, -0.2) is 0 Å². The molecule has 1 aromatic rings. The molecule has 2 unspecified atom stereocenters. The summed E-state index contributed by atoms with van der Waals surface area (Å²) in [5.41, 5.74) is 0.660. The van der Waals surface area contributed by atoms with Crippen LogP contribution < -0.4 is 0 Å². The van der Waals surface area contributed by atoms with Gasteiger partial charge in [-0.05, 0) is 12.1 Å². The van der Waals surface area contributed by atoms with E-state index < -0.39 is 42.5 Å². The molecule has 2 aliphatic heterocycles. The quantitative estimate of drug-likeness (QED) is 0.706. The molecule has 0 radical (unpaired) electrons. The van der Waals surface area contributed by atoms with Gasteiger partial charge in [0.25, 0.3) is 11.8 Å². The number of imide groups is 1. The molecule has 2 aliphatic rings. The lowest BCUT2D eigenvalue weighted by Gasteiger charge is -2.42. The zero-order chi connectivity index (χ0) is 17.4. The third-order valence-electron chi connectivity index (χ3n) is 4.39. The van der Waals surface area contributed by atoms with Crippen molar-refractivity contribution in [3.8, 4) is 0 Å². The van der Waals surface area contributed by atoms with Crippen LogP contribution >= 0.6 is 0 Å². The highest BCUT2D eigenvalue weighted by molar-refractivity contribution is 6.21. The zero-order valence-electron chi connectivity index (χ0n) is 13.3. The van der Waals surface area contributed by atoms with Gasteiger partial charge in [0, 0.05) is 14.2 Å². The van der Waals surface area contributed by atoms with Crippen LogP contribution in [0.5, 0.6) is 0 Å². The second kappa shape index (κ2) is 6.58. The van der Waals surface area contributed by atoms with Crippen molar-refractivity contribution in [2.45, 2.75) is 30.7 Å². The number of aliphatic hydroxyl groups is 2. The van der Waals surface area contributed by atoms with Crippen molar-refractivity contribution in [2.75, 3.05) is 20.8 Å². The van der Waals surface area contributed by atoms with Gasteiger partial charge in [0.05, 0.1) is 17.7 Å². The minimum atomic E-state index is -1.29. The van der Waals surface area contributed by atoms with Gasteiger partial charge in [0.15, 0.2) is 6.29 Å². The van der Waals surface area contributed by atoms with Crippen LogP contribution in [0, 0.1) is 0 Å².